The monoisotopic (exact) mass is 907 g/mol. The first-order valence-corrected chi connectivity index (χ1v) is 26.4. The Labute approximate surface area is 384 Å². The summed E-state index contributed by atoms with van der Waals surface area (Å²) in [5.41, 5.74) is 0. The van der Waals surface area contributed by atoms with Gasteiger partial charge in [0.05, 0.1) is 19.8 Å². The molecule has 3 unspecified atom stereocenters. The minimum atomic E-state index is -4.63. The number of ether oxygens (including phenoxy) is 2. The molecule has 63 heavy (non-hydrogen) atoms. The molecule has 0 saturated carbocycles. The molecule has 0 aromatic heterocycles. The number of esters is 2. The predicted molar refractivity (Wildman–Crippen MR) is 260 cm³/mol. The van der Waals surface area contributed by atoms with E-state index in [-0.39, 0.29) is 19.4 Å². The van der Waals surface area contributed by atoms with Gasteiger partial charge in [-0.05, 0) is 83.5 Å². The topological polar surface area (TPSA) is 149 Å². The third-order valence-corrected chi connectivity index (χ3v) is 11.3. The first-order valence-electron chi connectivity index (χ1n) is 24.9. The van der Waals surface area contributed by atoms with Gasteiger partial charge in [-0.1, -0.05) is 183 Å². The summed E-state index contributed by atoms with van der Waals surface area (Å²) in [4.78, 5) is 35.1. The summed E-state index contributed by atoms with van der Waals surface area (Å²) < 4.78 is 32.8. The van der Waals surface area contributed by atoms with Crippen molar-refractivity contribution in [2.75, 3.05) is 26.4 Å². The van der Waals surface area contributed by atoms with Gasteiger partial charge in [0, 0.05) is 12.8 Å². The summed E-state index contributed by atoms with van der Waals surface area (Å²) in [6, 6.07) is 0. The molecule has 0 aliphatic carbocycles. The fourth-order valence-electron chi connectivity index (χ4n) is 6.54. The molecule has 364 valence electrons. The zero-order valence-electron chi connectivity index (χ0n) is 39.8. The van der Waals surface area contributed by atoms with Crippen LogP contribution in [0.1, 0.15) is 206 Å². The molecular weight excluding hydrogens is 816 g/mol. The van der Waals surface area contributed by atoms with Crippen LogP contribution in [0.2, 0.25) is 0 Å². The van der Waals surface area contributed by atoms with Crippen LogP contribution in [-0.4, -0.2) is 65.7 Å². The van der Waals surface area contributed by atoms with Crippen LogP contribution >= 0.6 is 7.82 Å². The number of hydrogen-bond donors (Lipinski definition) is 3. The van der Waals surface area contributed by atoms with E-state index >= 15 is 0 Å². The fourth-order valence-corrected chi connectivity index (χ4v) is 7.33. The molecule has 11 heteroatoms. The number of unbranched alkanes of at least 4 members (excludes halogenated alkanes) is 20. The van der Waals surface area contributed by atoms with Gasteiger partial charge in [0.1, 0.15) is 12.7 Å². The number of carbonyl (C=O) groups is 2. The standard InChI is InChI=1S/C52H91O10P/c1-3-5-7-9-11-13-15-17-19-21-22-23-24-25-26-28-29-31-33-35-37-39-41-43-51(55)59-47-50(48-61-63(57,58)60-46-49(54)45-53)62-52(56)44-42-40-38-36-34-32-30-27-20-18-16-14-12-10-8-6-4-2/h6,8,12,14-15,17-18,20-22,30,32,49-50,53-54H,3-5,7,9-11,13,16,19,23-29,31,33-48H2,1-2H3,(H,57,58)/b8-6-,14-12-,17-15-,20-18-,22-21-,32-30-. The number of hydrogen-bond acceptors (Lipinski definition) is 9. The van der Waals surface area contributed by atoms with E-state index in [1.165, 1.54) is 89.9 Å². The Morgan fingerprint density at radius 1 is 0.492 bits per heavy atom. The summed E-state index contributed by atoms with van der Waals surface area (Å²) in [6.45, 7) is 2.24. The number of carbonyl (C=O) groups excluding carboxylic acids is 2. The van der Waals surface area contributed by atoms with E-state index < -0.39 is 51.8 Å². The van der Waals surface area contributed by atoms with Crippen molar-refractivity contribution in [2.45, 2.75) is 219 Å². The lowest BCUT2D eigenvalue weighted by atomic mass is 10.0. The Balaban J connectivity index is 4.22. The second-order valence-corrected chi connectivity index (χ2v) is 17.9. The number of phosphoric acid groups is 1. The van der Waals surface area contributed by atoms with Crippen molar-refractivity contribution in [2.24, 2.45) is 0 Å². The van der Waals surface area contributed by atoms with Gasteiger partial charge in [0.15, 0.2) is 6.10 Å². The van der Waals surface area contributed by atoms with Gasteiger partial charge >= 0.3 is 19.8 Å². The highest BCUT2D eigenvalue weighted by molar-refractivity contribution is 7.47. The summed E-state index contributed by atoms with van der Waals surface area (Å²) >= 11 is 0. The number of allylic oxidation sites excluding steroid dienone is 12. The molecule has 0 aliphatic heterocycles. The number of rotatable bonds is 46. The maximum Gasteiger partial charge on any atom is 0.472 e. The van der Waals surface area contributed by atoms with Gasteiger partial charge in [-0.3, -0.25) is 18.6 Å². The largest absolute Gasteiger partial charge is 0.472 e. The zero-order chi connectivity index (χ0) is 46.2. The maximum absolute atomic E-state index is 12.7. The molecule has 3 atom stereocenters. The molecule has 0 rings (SSSR count). The number of aliphatic hydroxyl groups is 2. The molecule has 0 aliphatic rings. The smallest absolute Gasteiger partial charge is 0.462 e. The summed E-state index contributed by atoms with van der Waals surface area (Å²) in [5, 5.41) is 18.4. The highest BCUT2D eigenvalue weighted by Crippen LogP contribution is 2.43. The van der Waals surface area contributed by atoms with E-state index in [9.17, 15) is 24.2 Å². The molecule has 0 fully saturated rings. The minimum absolute atomic E-state index is 0.153. The van der Waals surface area contributed by atoms with Gasteiger partial charge < -0.3 is 24.6 Å². The average Bonchev–Trinajstić information content (AvgIpc) is 3.27. The Kier molecular flexibility index (Phi) is 45.4. The van der Waals surface area contributed by atoms with Crippen molar-refractivity contribution in [3.63, 3.8) is 0 Å². The summed E-state index contributed by atoms with van der Waals surface area (Å²) in [6.07, 6.45) is 55.8. The fraction of sp³-hybridized carbons (Fsp3) is 0.731. The molecular formula is C52H91O10P. The second-order valence-electron chi connectivity index (χ2n) is 16.5. The molecule has 0 radical (unpaired) electrons. The van der Waals surface area contributed by atoms with Crippen LogP contribution in [0.4, 0.5) is 0 Å². The van der Waals surface area contributed by atoms with E-state index in [0.717, 1.165) is 77.0 Å². The molecule has 0 heterocycles. The Bertz CT molecular complexity index is 1270. The molecule has 0 saturated heterocycles. The third kappa shape index (κ3) is 47.2. The van der Waals surface area contributed by atoms with Gasteiger partial charge in [0.2, 0.25) is 0 Å². The van der Waals surface area contributed by atoms with Crippen molar-refractivity contribution in [1.29, 1.82) is 0 Å². The van der Waals surface area contributed by atoms with Gasteiger partial charge in [-0.2, -0.15) is 0 Å². The van der Waals surface area contributed by atoms with Crippen LogP contribution in [0, 0.1) is 0 Å². The van der Waals surface area contributed by atoms with E-state index in [1.807, 2.05) is 0 Å². The van der Waals surface area contributed by atoms with E-state index in [1.54, 1.807) is 0 Å². The maximum atomic E-state index is 12.7. The quantitative estimate of drug-likeness (QED) is 0.0233. The first kappa shape index (κ1) is 60.4. The average molecular weight is 907 g/mol. The van der Waals surface area contributed by atoms with Crippen LogP contribution in [-0.2, 0) is 32.7 Å². The molecule has 10 nitrogen and oxygen atoms in total. The van der Waals surface area contributed by atoms with Gasteiger partial charge in [-0.25, -0.2) is 4.57 Å². The molecule has 0 amide bonds. The SMILES string of the molecule is CC/C=C\C/C=C\C/C=C\C/C=C\CCCCCCC(=O)OC(COC(=O)CCCCCCCCCCCCC/C=C\C/C=C\CCCCCCC)COP(=O)(O)OCC(O)CO. The van der Waals surface area contributed by atoms with E-state index in [0.29, 0.717) is 12.8 Å². The van der Waals surface area contributed by atoms with Crippen LogP contribution in [0.3, 0.4) is 0 Å². The van der Waals surface area contributed by atoms with Crippen molar-refractivity contribution in [3.05, 3.63) is 72.9 Å². The zero-order valence-corrected chi connectivity index (χ0v) is 40.7. The molecule has 0 spiro atoms. The van der Waals surface area contributed by atoms with Crippen LogP contribution in [0.5, 0.6) is 0 Å². The van der Waals surface area contributed by atoms with Crippen LogP contribution in [0.15, 0.2) is 72.9 Å². The Hall–Kier alpha value is -2.59. The van der Waals surface area contributed by atoms with E-state index in [2.05, 4.69) is 86.8 Å². The number of aliphatic hydroxyl groups excluding tert-OH is 2. The van der Waals surface area contributed by atoms with Crippen molar-refractivity contribution in [1.82, 2.24) is 0 Å². The highest BCUT2D eigenvalue weighted by atomic mass is 31.2. The molecule has 0 aromatic rings. The van der Waals surface area contributed by atoms with Gasteiger partial charge in [-0.15, -0.1) is 0 Å². The summed E-state index contributed by atoms with van der Waals surface area (Å²) in [5.74, 6) is -0.956. The van der Waals surface area contributed by atoms with Gasteiger partial charge in [0.25, 0.3) is 0 Å². The second kappa shape index (κ2) is 47.4. The minimum Gasteiger partial charge on any atom is -0.462 e. The Morgan fingerprint density at radius 3 is 1.32 bits per heavy atom. The molecule has 0 aromatic carbocycles. The lowest BCUT2D eigenvalue weighted by Crippen LogP contribution is -2.29. The molecule has 0 bridgehead atoms. The summed E-state index contributed by atoms with van der Waals surface area (Å²) in [7, 11) is -4.63. The normalized spacial score (nSPS) is 14.3. The molecule has 3 N–H and O–H groups in total. The number of phosphoric ester groups is 1. The van der Waals surface area contributed by atoms with Crippen molar-refractivity contribution < 1.29 is 47.8 Å². The lowest BCUT2D eigenvalue weighted by molar-refractivity contribution is -0.161. The predicted octanol–water partition coefficient (Wildman–Crippen LogP) is 14.0. The van der Waals surface area contributed by atoms with Crippen LogP contribution in [0.25, 0.3) is 0 Å². The first-order chi connectivity index (χ1) is 30.7. The van der Waals surface area contributed by atoms with Crippen molar-refractivity contribution >= 4 is 19.8 Å². The van der Waals surface area contributed by atoms with Crippen molar-refractivity contribution in [3.8, 4) is 0 Å². The third-order valence-electron chi connectivity index (χ3n) is 10.3. The highest BCUT2D eigenvalue weighted by Gasteiger charge is 2.27. The van der Waals surface area contributed by atoms with Crippen LogP contribution < -0.4 is 0 Å². The van der Waals surface area contributed by atoms with E-state index in [4.69, 9.17) is 23.6 Å². The lowest BCUT2D eigenvalue weighted by Gasteiger charge is -2.20. The Morgan fingerprint density at radius 2 is 0.873 bits per heavy atom.